The van der Waals surface area contributed by atoms with Gasteiger partial charge in [0.15, 0.2) is 0 Å². The summed E-state index contributed by atoms with van der Waals surface area (Å²) in [5, 5.41) is 8.83. The Bertz CT molecular complexity index is 175. The van der Waals surface area contributed by atoms with Crippen molar-refractivity contribution >= 4 is 5.97 Å². The fourth-order valence-electron chi connectivity index (χ4n) is 1.19. The monoisotopic (exact) mass is 233 g/mol. The summed E-state index contributed by atoms with van der Waals surface area (Å²) in [4.78, 5) is 13.2. The third-order valence-electron chi connectivity index (χ3n) is 2.14. The summed E-state index contributed by atoms with van der Waals surface area (Å²) in [6.45, 7) is 4.41. The van der Waals surface area contributed by atoms with E-state index in [1.807, 2.05) is 11.8 Å². The van der Waals surface area contributed by atoms with Crippen LogP contribution in [0.1, 0.15) is 19.8 Å². The zero-order valence-corrected chi connectivity index (χ0v) is 10.3. The molecule has 0 aliphatic carbocycles. The number of carbonyl (C=O) groups excluding carboxylic acids is 1. The standard InChI is InChI=1S/C11H23NO4/c1-3-4-8-16-11(14)10-12(5-7-13)6-9-15-2/h13H,3-10H2,1-2H3. The fourth-order valence-corrected chi connectivity index (χ4v) is 1.19. The zero-order chi connectivity index (χ0) is 12.2. The highest BCUT2D eigenvalue weighted by Crippen LogP contribution is 1.93. The van der Waals surface area contributed by atoms with Crippen molar-refractivity contribution in [2.24, 2.45) is 0 Å². The summed E-state index contributed by atoms with van der Waals surface area (Å²) in [6.07, 6.45) is 1.90. The molecule has 0 spiro atoms. The number of esters is 1. The van der Waals surface area contributed by atoms with E-state index in [1.54, 1.807) is 7.11 Å². The van der Waals surface area contributed by atoms with Crippen LogP contribution in [0.15, 0.2) is 0 Å². The molecule has 0 aromatic carbocycles. The van der Waals surface area contributed by atoms with E-state index in [2.05, 4.69) is 0 Å². The second-order valence-electron chi connectivity index (χ2n) is 3.57. The Morgan fingerprint density at radius 1 is 1.31 bits per heavy atom. The van der Waals surface area contributed by atoms with Gasteiger partial charge >= 0.3 is 5.97 Å². The van der Waals surface area contributed by atoms with E-state index >= 15 is 0 Å². The minimum absolute atomic E-state index is 0.0337. The van der Waals surface area contributed by atoms with Crippen LogP contribution >= 0.6 is 0 Å². The molecule has 5 heteroatoms. The topological polar surface area (TPSA) is 59.0 Å². The minimum atomic E-state index is -0.238. The van der Waals surface area contributed by atoms with Gasteiger partial charge in [0, 0.05) is 20.2 Å². The molecule has 0 amide bonds. The maximum atomic E-state index is 11.4. The molecule has 0 fully saturated rings. The number of methoxy groups -OCH3 is 1. The molecule has 0 bridgehead atoms. The van der Waals surface area contributed by atoms with Gasteiger partial charge in [0.25, 0.3) is 0 Å². The second-order valence-corrected chi connectivity index (χ2v) is 3.57. The third-order valence-corrected chi connectivity index (χ3v) is 2.14. The lowest BCUT2D eigenvalue weighted by Crippen LogP contribution is -2.35. The highest BCUT2D eigenvalue weighted by Gasteiger charge is 2.10. The molecule has 0 saturated heterocycles. The van der Waals surface area contributed by atoms with E-state index in [-0.39, 0.29) is 19.1 Å². The van der Waals surface area contributed by atoms with E-state index in [1.165, 1.54) is 0 Å². The first-order valence-electron chi connectivity index (χ1n) is 5.72. The van der Waals surface area contributed by atoms with Crippen molar-refractivity contribution < 1.29 is 19.4 Å². The van der Waals surface area contributed by atoms with Gasteiger partial charge in [0.2, 0.25) is 0 Å². The molecule has 0 aromatic rings. The third kappa shape index (κ3) is 8.64. The first kappa shape index (κ1) is 15.3. The lowest BCUT2D eigenvalue weighted by atomic mass is 10.4. The van der Waals surface area contributed by atoms with Gasteiger partial charge in [-0.1, -0.05) is 13.3 Å². The number of hydrogen-bond acceptors (Lipinski definition) is 5. The number of aliphatic hydroxyl groups excluding tert-OH is 1. The van der Waals surface area contributed by atoms with Gasteiger partial charge in [-0.3, -0.25) is 9.69 Å². The maximum Gasteiger partial charge on any atom is 0.320 e. The molecule has 0 atom stereocenters. The Kier molecular flexibility index (Phi) is 10.4. The maximum absolute atomic E-state index is 11.4. The predicted octanol–water partition coefficient (Wildman–Crippen LogP) is 0.270. The van der Waals surface area contributed by atoms with E-state index in [0.29, 0.717) is 26.3 Å². The molecular formula is C11H23NO4. The summed E-state index contributed by atoms with van der Waals surface area (Å²) >= 11 is 0. The van der Waals surface area contributed by atoms with Crippen LogP contribution in [-0.4, -0.2) is 62.5 Å². The Balaban J connectivity index is 3.73. The van der Waals surface area contributed by atoms with Gasteiger partial charge in [-0.05, 0) is 6.42 Å². The van der Waals surface area contributed by atoms with Crippen molar-refractivity contribution in [3.8, 4) is 0 Å². The lowest BCUT2D eigenvalue weighted by Gasteiger charge is -2.19. The quantitative estimate of drug-likeness (QED) is 0.433. The zero-order valence-electron chi connectivity index (χ0n) is 10.3. The van der Waals surface area contributed by atoms with Crippen molar-refractivity contribution in [2.75, 3.05) is 46.6 Å². The average molecular weight is 233 g/mol. The van der Waals surface area contributed by atoms with E-state index < -0.39 is 0 Å². The van der Waals surface area contributed by atoms with Crippen LogP contribution in [0.4, 0.5) is 0 Å². The summed E-state index contributed by atoms with van der Waals surface area (Å²) in [6, 6.07) is 0. The SMILES string of the molecule is CCCCOC(=O)CN(CCO)CCOC. The van der Waals surface area contributed by atoms with Crippen LogP contribution in [0.5, 0.6) is 0 Å². The summed E-state index contributed by atoms with van der Waals surface area (Å²) in [5.41, 5.74) is 0. The summed E-state index contributed by atoms with van der Waals surface area (Å²) in [7, 11) is 1.61. The second kappa shape index (κ2) is 10.9. The highest BCUT2D eigenvalue weighted by molar-refractivity contribution is 5.71. The molecule has 0 unspecified atom stereocenters. The van der Waals surface area contributed by atoms with E-state index in [9.17, 15) is 4.79 Å². The minimum Gasteiger partial charge on any atom is -0.465 e. The van der Waals surface area contributed by atoms with Crippen LogP contribution < -0.4 is 0 Å². The fraction of sp³-hybridized carbons (Fsp3) is 0.909. The Morgan fingerprint density at radius 3 is 2.62 bits per heavy atom. The highest BCUT2D eigenvalue weighted by atomic mass is 16.5. The molecule has 96 valence electrons. The molecule has 0 aromatic heterocycles. The molecule has 0 rings (SSSR count). The largest absolute Gasteiger partial charge is 0.465 e. The Labute approximate surface area is 97.3 Å². The number of ether oxygens (including phenoxy) is 2. The summed E-state index contributed by atoms with van der Waals surface area (Å²) < 4.78 is 9.96. The number of hydrogen-bond donors (Lipinski definition) is 1. The van der Waals surface area contributed by atoms with Crippen LogP contribution in [0, 0.1) is 0 Å². The van der Waals surface area contributed by atoms with Gasteiger partial charge in [-0.2, -0.15) is 0 Å². The van der Waals surface area contributed by atoms with Crippen molar-refractivity contribution in [2.45, 2.75) is 19.8 Å². The first-order valence-corrected chi connectivity index (χ1v) is 5.72. The van der Waals surface area contributed by atoms with Crippen LogP contribution in [0.2, 0.25) is 0 Å². The molecule has 0 heterocycles. The number of rotatable bonds is 10. The number of unbranched alkanes of at least 4 members (excludes halogenated alkanes) is 1. The van der Waals surface area contributed by atoms with Crippen molar-refractivity contribution in [3.05, 3.63) is 0 Å². The normalized spacial score (nSPS) is 10.8. The van der Waals surface area contributed by atoms with Gasteiger partial charge in [-0.25, -0.2) is 0 Å². The van der Waals surface area contributed by atoms with Crippen molar-refractivity contribution in [1.29, 1.82) is 0 Å². The van der Waals surface area contributed by atoms with E-state index in [0.717, 1.165) is 12.8 Å². The van der Waals surface area contributed by atoms with Crippen molar-refractivity contribution in [1.82, 2.24) is 4.90 Å². The summed E-state index contributed by atoms with van der Waals surface area (Å²) in [5.74, 6) is -0.238. The van der Waals surface area contributed by atoms with Crippen LogP contribution in [0.25, 0.3) is 0 Å². The molecule has 16 heavy (non-hydrogen) atoms. The van der Waals surface area contributed by atoms with Gasteiger partial charge in [-0.15, -0.1) is 0 Å². The Morgan fingerprint density at radius 2 is 2.06 bits per heavy atom. The molecule has 0 aliphatic rings. The molecule has 0 radical (unpaired) electrons. The predicted molar refractivity (Wildman–Crippen MR) is 61.3 cm³/mol. The smallest absolute Gasteiger partial charge is 0.320 e. The van der Waals surface area contributed by atoms with Gasteiger partial charge in [0.05, 0.1) is 26.4 Å². The van der Waals surface area contributed by atoms with Crippen LogP contribution in [-0.2, 0) is 14.3 Å². The Hall–Kier alpha value is -0.650. The molecule has 0 saturated carbocycles. The molecule has 1 N–H and O–H groups in total. The van der Waals surface area contributed by atoms with Crippen molar-refractivity contribution in [3.63, 3.8) is 0 Å². The number of carbonyl (C=O) groups is 1. The lowest BCUT2D eigenvalue weighted by molar-refractivity contribution is -0.145. The van der Waals surface area contributed by atoms with E-state index in [4.69, 9.17) is 14.6 Å². The van der Waals surface area contributed by atoms with Gasteiger partial charge in [0.1, 0.15) is 0 Å². The molecular weight excluding hydrogens is 210 g/mol. The van der Waals surface area contributed by atoms with Gasteiger partial charge < -0.3 is 14.6 Å². The number of aliphatic hydroxyl groups is 1. The number of nitrogens with zero attached hydrogens (tertiary/aromatic N) is 1. The first-order chi connectivity index (χ1) is 7.74. The van der Waals surface area contributed by atoms with Crippen LogP contribution in [0.3, 0.4) is 0 Å². The molecule has 0 aliphatic heterocycles. The average Bonchev–Trinajstić information content (AvgIpc) is 2.26. The molecule has 5 nitrogen and oxygen atoms in total.